The SMILES string of the molecule is Cc1nc(-c2ccccc2)sc1C(=O)C1=C(O)C(=O)N(c2nc3ccccc3s2)C1c1ccccn1. The zero-order valence-corrected chi connectivity index (χ0v) is 20.6. The summed E-state index contributed by atoms with van der Waals surface area (Å²) in [6.45, 7) is 1.76. The summed E-state index contributed by atoms with van der Waals surface area (Å²) in [5, 5.41) is 12.1. The number of carbonyl (C=O) groups is 2. The van der Waals surface area contributed by atoms with E-state index in [1.807, 2.05) is 54.6 Å². The van der Waals surface area contributed by atoms with Gasteiger partial charge >= 0.3 is 0 Å². The lowest BCUT2D eigenvalue weighted by atomic mass is 9.98. The summed E-state index contributed by atoms with van der Waals surface area (Å²) >= 11 is 2.56. The van der Waals surface area contributed by atoms with Crippen LogP contribution < -0.4 is 4.90 Å². The van der Waals surface area contributed by atoms with Crippen molar-refractivity contribution in [3.05, 3.63) is 107 Å². The summed E-state index contributed by atoms with van der Waals surface area (Å²) in [6, 6.07) is 21.5. The number of carbonyl (C=O) groups excluding carboxylic acids is 2. The van der Waals surface area contributed by atoms with Crippen molar-refractivity contribution in [2.75, 3.05) is 4.90 Å². The van der Waals surface area contributed by atoms with Crippen molar-refractivity contribution in [1.82, 2.24) is 15.0 Å². The van der Waals surface area contributed by atoms with E-state index in [0.717, 1.165) is 15.8 Å². The highest BCUT2D eigenvalue weighted by Crippen LogP contribution is 2.44. The minimum Gasteiger partial charge on any atom is -0.503 e. The highest BCUT2D eigenvalue weighted by atomic mass is 32.1. The Labute approximate surface area is 214 Å². The number of pyridine rings is 1. The van der Waals surface area contributed by atoms with E-state index in [0.29, 0.717) is 26.4 Å². The number of nitrogens with zero attached hydrogens (tertiary/aromatic N) is 4. The van der Waals surface area contributed by atoms with Crippen molar-refractivity contribution >= 4 is 49.7 Å². The molecule has 36 heavy (non-hydrogen) atoms. The fraction of sp³-hybridized carbons (Fsp3) is 0.0741. The van der Waals surface area contributed by atoms with Gasteiger partial charge in [0.05, 0.1) is 32.1 Å². The highest BCUT2D eigenvalue weighted by molar-refractivity contribution is 7.22. The molecule has 0 saturated carbocycles. The van der Waals surface area contributed by atoms with Crippen LogP contribution in [0.5, 0.6) is 0 Å². The van der Waals surface area contributed by atoms with Crippen LogP contribution >= 0.6 is 22.7 Å². The molecule has 5 aromatic rings. The van der Waals surface area contributed by atoms with Crippen LogP contribution in [0.15, 0.2) is 90.3 Å². The summed E-state index contributed by atoms with van der Waals surface area (Å²) in [4.78, 5) is 42.7. The van der Waals surface area contributed by atoms with Gasteiger partial charge < -0.3 is 5.11 Å². The molecule has 0 aliphatic carbocycles. The molecule has 6 rings (SSSR count). The highest BCUT2D eigenvalue weighted by Gasteiger charge is 2.47. The van der Waals surface area contributed by atoms with Crippen LogP contribution in [0.3, 0.4) is 0 Å². The molecule has 4 heterocycles. The Morgan fingerprint density at radius 2 is 1.69 bits per heavy atom. The molecule has 0 bridgehead atoms. The third kappa shape index (κ3) is 3.60. The lowest BCUT2D eigenvalue weighted by Gasteiger charge is -2.23. The molecule has 3 aromatic heterocycles. The Morgan fingerprint density at radius 3 is 2.44 bits per heavy atom. The molecule has 1 atom stereocenters. The third-order valence-corrected chi connectivity index (χ3v) is 8.17. The summed E-state index contributed by atoms with van der Waals surface area (Å²) in [5.74, 6) is -1.72. The smallest absolute Gasteiger partial charge is 0.296 e. The second kappa shape index (κ2) is 8.78. The lowest BCUT2D eigenvalue weighted by molar-refractivity contribution is -0.117. The number of rotatable bonds is 5. The average molecular weight is 511 g/mol. The van der Waals surface area contributed by atoms with Crippen molar-refractivity contribution in [2.24, 2.45) is 0 Å². The van der Waals surface area contributed by atoms with Gasteiger partial charge in [-0.25, -0.2) is 9.97 Å². The molecule has 2 aromatic carbocycles. The number of aliphatic hydroxyl groups is 1. The van der Waals surface area contributed by atoms with Crippen LogP contribution in [0, 0.1) is 6.92 Å². The minimum atomic E-state index is -0.923. The van der Waals surface area contributed by atoms with Crippen molar-refractivity contribution < 1.29 is 14.7 Å². The van der Waals surface area contributed by atoms with Crippen molar-refractivity contribution in [1.29, 1.82) is 0 Å². The van der Waals surface area contributed by atoms with Crippen LogP contribution in [0.2, 0.25) is 0 Å². The summed E-state index contributed by atoms with van der Waals surface area (Å²) in [6.07, 6.45) is 1.60. The normalized spacial score (nSPS) is 15.8. The number of aryl methyl sites for hydroxylation is 1. The van der Waals surface area contributed by atoms with E-state index in [-0.39, 0.29) is 5.57 Å². The Hall–Kier alpha value is -4.21. The number of aliphatic hydroxyl groups excluding tert-OH is 1. The maximum Gasteiger partial charge on any atom is 0.296 e. The topological polar surface area (TPSA) is 96.3 Å². The van der Waals surface area contributed by atoms with Gasteiger partial charge in [0.15, 0.2) is 10.9 Å². The Morgan fingerprint density at radius 1 is 0.944 bits per heavy atom. The van der Waals surface area contributed by atoms with Crippen LogP contribution in [-0.2, 0) is 4.79 Å². The molecule has 7 nitrogen and oxygen atoms in total. The van der Waals surface area contributed by atoms with Gasteiger partial charge in [-0.1, -0.05) is 59.9 Å². The standard InChI is InChI=1S/C27H18N4O3S2/c1-15-24(36-25(29-15)16-9-3-2-4-10-16)22(32)20-21(18-12-7-8-14-28-18)31(26(34)23(20)33)27-30-17-11-5-6-13-19(17)35-27/h2-14,21,33H,1H3. The van der Waals surface area contributed by atoms with Crippen LogP contribution in [-0.4, -0.2) is 31.7 Å². The molecule has 176 valence electrons. The Bertz CT molecular complexity index is 1630. The van der Waals surface area contributed by atoms with Gasteiger partial charge in [0.2, 0.25) is 5.78 Å². The first-order valence-corrected chi connectivity index (χ1v) is 12.8. The summed E-state index contributed by atoms with van der Waals surface area (Å²) in [7, 11) is 0. The summed E-state index contributed by atoms with van der Waals surface area (Å²) < 4.78 is 0.894. The number of hydrogen-bond donors (Lipinski definition) is 1. The quantitative estimate of drug-likeness (QED) is 0.296. The molecular formula is C27H18N4O3S2. The molecule has 1 amide bonds. The molecule has 1 N–H and O–H groups in total. The van der Waals surface area contributed by atoms with Gasteiger partial charge in [-0.2, -0.15) is 0 Å². The predicted molar refractivity (Wildman–Crippen MR) is 140 cm³/mol. The minimum absolute atomic E-state index is 0.0238. The van der Waals surface area contributed by atoms with Gasteiger partial charge in [0, 0.05) is 11.8 Å². The van der Waals surface area contributed by atoms with Crippen LogP contribution in [0.25, 0.3) is 20.8 Å². The second-order valence-corrected chi connectivity index (χ2v) is 10.2. The maximum atomic E-state index is 13.9. The van der Waals surface area contributed by atoms with E-state index >= 15 is 0 Å². The first kappa shape index (κ1) is 22.3. The van der Waals surface area contributed by atoms with Crippen molar-refractivity contribution in [2.45, 2.75) is 13.0 Å². The van der Waals surface area contributed by atoms with E-state index in [1.165, 1.54) is 27.6 Å². The third-order valence-electron chi connectivity index (χ3n) is 5.93. The van der Waals surface area contributed by atoms with Crippen molar-refractivity contribution in [3.63, 3.8) is 0 Å². The van der Waals surface area contributed by atoms with Gasteiger partial charge in [0.25, 0.3) is 5.91 Å². The number of hydrogen-bond acceptors (Lipinski definition) is 8. The van der Waals surface area contributed by atoms with Crippen LogP contribution in [0.4, 0.5) is 5.13 Å². The number of Topliss-reactive ketones (excluding diaryl/α,β-unsaturated/α-hetero) is 1. The fourth-order valence-electron chi connectivity index (χ4n) is 4.25. The van der Waals surface area contributed by atoms with E-state index < -0.39 is 23.5 Å². The number of thiazole rings is 2. The Balaban J connectivity index is 1.48. The van der Waals surface area contributed by atoms with Gasteiger partial charge in [-0.15, -0.1) is 11.3 Å². The number of anilines is 1. The molecule has 1 aliphatic heterocycles. The molecule has 9 heteroatoms. The average Bonchev–Trinajstić information content (AvgIpc) is 3.58. The molecule has 0 saturated heterocycles. The van der Waals surface area contributed by atoms with Gasteiger partial charge in [0.1, 0.15) is 11.0 Å². The molecule has 0 fully saturated rings. The molecule has 1 aliphatic rings. The molecule has 0 spiro atoms. The molecule has 0 radical (unpaired) electrons. The zero-order chi connectivity index (χ0) is 24.8. The largest absolute Gasteiger partial charge is 0.503 e. The number of para-hydroxylation sites is 1. The van der Waals surface area contributed by atoms with E-state index in [1.54, 1.807) is 31.3 Å². The zero-order valence-electron chi connectivity index (χ0n) is 19.0. The first-order chi connectivity index (χ1) is 17.5. The van der Waals surface area contributed by atoms with E-state index in [9.17, 15) is 14.7 Å². The number of benzene rings is 2. The second-order valence-electron chi connectivity index (χ2n) is 8.19. The van der Waals surface area contributed by atoms with Gasteiger partial charge in [-0.05, 0) is 31.2 Å². The lowest BCUT2D eigenvalue weighted by Crippen LogP contribution is -2.31. The number of aromatic nitrogens is 3. The first-order valence-electron chi connectivity index (χ1n) is 11.1. The Kier molecular flexibility index (Phi) is 5.43. The van der Waals surface area contributed by atoms with Gasteiger partial charge in [-0.3, -0.25) is 19.5 Å². The van der Waals surface area contributed by atoms with E-state index in [2.05, 4.69) is 15.0 Å². The fourth-order valence-corrected chi connectivity index (χ4v) is 6.27. The monoisotopic (exact) mass is 510 g/mol. The predicted octanol–water partition coefficient (Wildman–Crippen LogP) is 5.91. The number of ketones is 1. The number of amides is 1. The summed E-state index contributed by atoms with van der Waals surface area (Å²) in [5.41, 5.74) is 2.60. The maximum absolute atomic E-state index is 13.9. The van der Waals surface area contributed by atoms with E-state index in [4.69, 9.17) is 0 Å². The molecular weight excluding hydrogens is 492 g/mol. The van der Waals surface area contributed by atoms with Crippen LogP contribution in [0.1, 0.15) is 27.1 Å². The number of fused-ring (bicyclic) bond motifs is 1. The molecule has 1 unspecified atom stereocenters. The van der Waals surface area contributed by atoms with Crippen molar-refractivity contribution in [3.8, 4) is 10.6 Å².